The predicted molar refractivity (Wildman–Crippen MR) is 127 cm³/mol. The molecule has 0 aliphatic carbocycles. The van der Waals surface area contributed by atoms with Gasteiger partial charge < -0.3 is 23.7 Å². The minimum absolute atomic E-state index is 0.175. The topological polar surface area (TPSA) is 80.3 Å². The summed E-state index contributed by atoms with van der Waals surface area (Å²) in [5.74, 6) is 0.850. The van der Waals surface area contributed by atoms with Gasteiger partial charge >= 0.3 is 5.97 Å². The largest absolute Gasteiger partial charge is 0.493 e. The zero-order valence-corrected chi connectivity index (χ0v) is 19.7. The molecule has 34 heavy (non-hydrogen) atoms. The van der Waals surface area contributed by atoms with E-state index in [0.29, 0.717) is 39.1 Å². The first-order valence-electron chi connectivity index (χ1n) is 10.2. The summed E-state index contributed by atoms with van der Waals surface area (Å²) in [4.78, 5) is 25.7. The molecular formula is C26H21ClO7. The molecule has 0 fully saturated rings. The van der Waals surface area contributed by atoms with Crippen molar-refractivity contribution in [2.24, 2.45) is 0 Å². The second kappa shape index (κ2) is 9.49. The molecule has 3 aromatic carbocycles. The van der Waals surface area contributed by atoms with E-state index in [1.165, 1.54) is 39.5 Å². The van der Waals surface area contributed by atoms with Gasteiger partial charge in [-0.05, 0) is 54.5 Å². The van der Waals surface area contributed by atoms with Gasteiger partial charge in [-0.1, -0.05) is 23.7 Å². The number of esters is 1. The van der Waals surface area contributed by atoms with Crippen LogP contribution >= 0.6 is 11.6 Å². The molecule has 0 N–H and O–H groups in total. The van der Waals surface area contributed by atoms with Crippen LogP contribution in [0.1, 0.15) is 31.8 Å². The first-order chi connectivity index (χ1) is 16.3. The molecule has 1 aliphatic rings. The predicted octanol–water partition coefficient (Wildman–Crippen LogP) is 5.51. The molecule has 0 unspecified atom stereocenters. The van der Waals surface area contributed by atoms with Gasteiger partial charge in [0.05, 0.1) is 32.5 Å². The summed E-state index contributed by atoms with van der Waals surface area (Å²) in [7, 11) is 4.39. The van der Waals surface area contributed by atoms with Crippen LogP contribution in [0, 0.1) is 6.92 Å². The molecule has 0 aromatic heterocycles. The number of hydrogen-bond donors (Lipinski definition) is 0. The Balaban J connectivity index is 1.61. The van der Waals surface area contributed by atoms with E-state index in [2.05, 4.69) is 0 Å². The van der Waals surface area contributed by atoms with E-state index < -0.39 is 5.97 Å². The van der Waals surface area contributed by atoms with E-state index in [-0.39, 0.29) is 22.9 Å². The van der Waals surface area contributed by atoms with Crippen molar-refractivity contribution < 1.29 is 33.3 Å². The van der Waals surface area contributed by atoms with E-state index in [1.807, 2.05) is 0 Å². The Bertz CT molecular complexity index is 1280. The fourth-order valence-corrected chi connectivity index (χ4v) is 3.74. The summed E-state index contributed by atoms with van der Waals surface area (Å²) in [5.41, 5.74) is 2.02. The number of carbonyl (C=O) groups excluding carboxylic acids is 2. The summed E-state index contributed by atoms with van der Waals surface area (Å²) in [6.07, 6.45) is 1.64. The van der Waals surface area contributed by atoms with Crippen LogP contribution in [-0.2, 0) is 0 Å². The Morgan fingerprint density at radius 1 is 0.941 bits per heavy atom. The number of hydrogen-bond acceptors (Lipinski definition) is 7. The van der Waals surface area contributed by atoms with Crippen molar-refractivity contribution in [2.75, 3.05) is 21.3 Å². The molecule has 0 bridgehead atoms. The van der Waals surface area contributed by atoms with Crippen LogP contribution in [0.3, 0.4) is 0 Å². The molecule has 1 aliphatic heterocycles. The number of benzene rings is 3. The van der Waals surface area contributed by atoms with Crippen LogP contribution in [0.2, 0.25) is 5.02 Å². The van der Waals surface area contributed by atoms with Crippen molar-refractivity contribution in [1.29, 1.82) is 0 Å². The third-order valence-corrected chi connectivity index (χ3v) is 5.47. The molecule has 1 heterocycles. The highest BCUT2D eigenvalue weighted by Crippen LogP contribution is 2.40. The van der Waals surface area contributed by atoms with Crippen LogP contribution in [0.4, 0.5) is 0 Å². The molecule has 7 nitrogen and oxygen atoms in total. The van der Waals surface area contributed by atoms with Crippen LogP contribution < -0.4 is 23.7 Å². The Morgan fingerprint density at radius 3 is 2.18 bits per heavy atom. The van der Waals surface area contributed by atoms with Crippen molar-refractivity contribution >= 4 is 29.4 Å². The van der Waals surface area contributed by atoms with Crippen molar-refractivity contribution in [3.8, 4) is 28.7 Å². The third kappa shape index (κ3) is 4.43. The molecular weight excluding hydrogens is 460 g/mol. The Kier molecular flexibility index (Phi) is 6.47. The van der Waals surface area contributed by atoms with Gasteiger partial charge in [0.15, 0.2) is 17.3 Å². The molecule has 0 amide bonds. The molecule has 0 radical (unpaired) electrons. The van der Waals surface area contributed by atoms with Crippen LogP contribution in [0.5, 0.6) is 28.7 Å². The summed E-state index contributed by atoms with van der Waals surface area (Å²) in [5, 5.41) is 0.596. The van der Waals surface area contributed by atoms with Gasteiger partial charge in [-0.2, -0.15) is 0 Å². The Morgan fingerprint density at radius 2 is 1.59 bits per heavy atom. The molecule has 0 atom stereocenters. The van der Waals surface area contributed by atoms with Crippen molar-refractivity contribution in [1.82, 2.24) is 0 Å². The van der Waals surface area contributed by atoms with E-state index >= 15 is 0 Å². The number of fused-ring (bicyclic) bond motifs is 1. The molecule has 174 valence electrons. The number of ketones is 1. The molecule has 3 aromatic rings. The number of carbonyl (C=O) groups is 2. The second-order valence-corrected chi connectivity index (χ2v) is 7.84. The fourth-order valence-electron chi connectivity index (χ4n) is 3.61. The maximum Gasteiger partial charge on any atom is 0.343 e. The Hall–Kier alpha value is -3.97. The first-order valence-corrected chi connectivity index (χ1v) is 10.6. The quantitative estimate of drug-likeness (QED) is 0.261. The van der Waals surface area contributed by atoms with Crippen LogP contribution in [0.25, 0.3) is 6.08 Å². The number of ether oxygens (including phenoxy) is 5. The molecule has 0 spiro atoms. The van der Waals surface area contributed by atoms with Crippen LogP contribution in [0.15, 0.2) is 54.3 Å². The lowest BCUT2D eigenvalue weighted by atomic mass is 10.0. The highest BCUT2D eigenvalue weighted by Gasteiger charge is 2.30. The van der Waals surface area contributed by atoms with Gasteiger partial charge in [-0.3, -0.25) is 4.79 Å². The number of allylic oxidation sites excluding steroid dienone is 1. The lowest BCUT2D eigenvalue weighted by Crippen LogP contribution is -2.10. The summed E-state index contributed by atoms with van der Waals surface area (Å²) in [6.45, 7) is 1.75. The van der Waals surface area contributed by atoms with Gasteiger partial charge in [0.25, 0.3) is 0 Å². The van der Waals surface area contributed by atoms with E-state index in [1.54, 1.807) is 43.3 Å². The zero-order chi connectivity index (χ0) is 24.4. The summed E-state index contributed by atoms with van der Waals surface area (Å²) < 4.78 is 27.2. The van der Waals surface area contributed by atoms with E-state index in [9.17, 15) is 9.59 Å². The fraction of sp³-hybridized carbons (Fsp3) is 0.154. The van der Waals surface area contributed by atoms with Crippen molar-refractivity contribution in [2.45, 2.75) is 6.92 Å². The average Bonchev–Trinajstić information content (AvgIpc) is 3.14. The zero-order valence-electron chi connectivity index (χ0n) is 18.9. The minimum atomic E-state index is -0.639. The summed E-state index contributed by atoms with van der Waals surface area (Å²) >= 11 is 5.92. The van der Waals surface area contributed by atoms with E-state index in [0.717, 1.165) is 5.56 Å². The average molecular weight is 481 g/mol. The van der Waals surface area contributed by atoms with Crippen molar-refractivity contribution in [3.05, 3.63) is 81.6 Å². The summed E-state index contributed by atoms with van der Waals surface area (Å²) in [6, 6.07) is 13.1. The smallest absolute Gasteiger partial charge is 0.343 e. The van der Waals surface area contributed by atoms with Gasteiger partial charge in [-0.25, -0.2) is 4.79 Å². The van der Waals surface area contributed by atoms with Gasteiger partial charge in [0.1, 0.15) is 11.5 Å². The Labute approximate surface area is 201 Å². The van der Waals surface area contributed by atoms with Gasteiger partial charge in [0.2, 0.25) is 11.5 Å². The van der Waals surface area contributed by atoms with Crippen molar-refractivity contribution in [3.63, 3.8) is 0 Å². The number of rotatable bonds is 6. The molecule has 4 rings (SSSR count). The minimum Gasteiger partial charge on any atom is -0.493 e. The van der Waals surface area contributed by atoms with Gasteiger partial charge in [0, 0.05) is 11.1 Å². The number of methoxy groups -OCH3 is 3. The molecule has 0 saturated heterocycles. The highest BCUT2D eigenvalue weighted by molar-refractivity contribution is 6.30. The first kappa shape index (κ1) is 23.2. The normalized spacial score (nSPS) is 13.3. The lowest BCUT2D eigenvalue weighted by Gasteiger charge is -2.14. The number of aryl methyl sites for hydroxylation is 1. The SMILES string of the molecule is COc1cc(C(=O)Oc2cc(C)c3c(c2)O/C(=C\c2ccc(Cl)cc2)C3=O)cc(OC)c1OC. The van der Waals surface area contributed by atoms with Gasteiger partial charge in [-0.15, -0.1) is 0 Å². The monoisotopic (exact) mass is 480 g/mol. The molecule has 0 saturated carbocycles. The standard InChI is InChI=1S/C26H21ClO7/c1-14-9-18(33-26(29)16-11-21(30-2)25(32-4)22(12-16)31-3)13-19-23(14)24(28)20(34-19)10-15-5-7-17(27)8-6-15/h5-13H,1-4H3/b20-10-. The maximum absolute atomic E-state index is 12.9. The van der Waals surface area contributed by atoms with E-state index in [4.69, 9.17) is 35.3 Å². The number of Topliss-reactive ketones (excluding diaryl/α,β-unsaturated/α-hetero) is 1. The second-order valence-electron chi connectivity index (χ2n) is 7.41. The highest BCUT2D eigenvalue weighted by atomic mass is 35.5. The van der Waals surface area contributed by atoms with Crippen LogP contribution in [-0.4, -0.2) is 33.1 Å². The third-order valence-electron chi connectivity index (χ3n) is 5.22. The lowest BCUT2D eigenvalue weighted by molar-refractivity contribution is 0.0733. The molecule has 8 heteroatoms. The number of halogens is 1. The maximum atomic E-state index is 12.9.